The largest absolute Gasteiger partial charge is 0.481 e. The zero-order chi connectivity index (χ0) is 14.0. The fourth-order valence-electron chi connectivity index (χ4n) is 2.02. The molecular formula is C16H15ClO2. The molecule has 0 atom stereocenters. The molecule has 2 rings (SSSR count). The Balaban J connectivity index is 2.59. The Morgan fingerprint density at radius 3 is 2.21 bits per heavy atom. The van der Waals surface area contributed by atoms with Crippen molar-refractivity contribution in [1.82, 2.24) is 0 Å². The Morgan fingerprint density at radius 1 is 1.05 bits per heavy atom. The summed E-state index contributed by atoms with van der Waals surface area (Å²) in [5.41, 5.74) is 1.75. The van der Waals surface area contributed by atoms with E-state index in [-0.39, 0.29) is 0 Å². The second kappa shape index (κ2) is 5.06. The summed E-state index contributed by atoms with van der Waals surface area (Å²) in [7, 11) is 0. The van der Waals surface area contributed by atoms with E-state index in [0.29, 0.717) is 5.02 Å². The van der Waals surface area contributed by atoms with E-state index in [1.807, 2.05) is 36.4 Å². The molecule has 2 nitrogen and oxygen atoms in total. The minimum absolute atomic E-state index is 0.665. The quantitative estimate of drug-likeness (QED) is 0.902. The van der Waals surface area contributed by atoms with Crippen molar-refractivity contribution in [3.05, 3.63) is 59.1 Å². The van der Waals surface area contributed by atoms with Crippen LogP contribution < -0.4 is 0 Å². The maximum Gasteiger partial charge on any atom is 0.313 e. The molecule has 19 heavy (non-hydrogen) atoms. The molecule has 0 aliphatic heterocycles. The zero-order valence-electron chi connectivity index (χ0n) is 10.9. The standard InChI is InChI=1S/C16H15ClO2/c1-16(2,15(18)19)14-6-4-3-5-13(14)11-7-9-12(17)10-8-11/h3-10H,1-2H3,(H,18,19). The third-order valence-corrected chi connectivity index (χ3v) is 3.54. The van der Waals surface area contributed by atoms with Crippen molar-refractivity contribution in [2.45, 2.75) is 19.3 Å². The van der Waals surface area contributed by atoms with Gasteiger partial charge in [-0.05, 0) is 42.7 Å². The van der Waals surface area contributed by atoms with E-state index < -0.39 is 11.4 Å². The molecule has 2 aromatic rings. The molecule has 1 N–H and O–H groups in total. The molecule has 0 aliphatic rings. The van der Waals surface area contributed by atoms with Crippen LogP contribution in [0.2, 0.25) is 5.02 Å². The minimum atomic E-state index is -0.934. The van der Waals surface area contributed by atoms with E-state index in [9.17, 15) is 9.90 Å². The SMILES string of the molecule is CC(C)(C(=O)O)c1ccccc1-c1ccc(Cl)cc1. The normalized spacial score (nSPS) is 11.3. The van der Waals surface area contributed by atoms with E-state index >= 15 is 0 Å². The van der Waals surface area contributed by atoms with Crippen LogP contribution in [0.5, 0.6) is 0 Å². The molecule has 0 spiro atoms. The summed E-state index contributed by atoms with van der Waals surface area (Å²) in [6.07, 6.45) is 0. The third-order valence-electron chi connectivity index (χ3n) is 3.29. The maximum atomic E-state index is 11.4. The monoisotopic (exact) mass is 274 g/mol. The highest BCUT2D eigenvalue weighted by Crippen LogP contribution is 2.33. The van der Waals surface area contributed by atoms with Gasteiger partial charge in [-0.3, -0.25) is 4.79 Å². The molecule has 0 unspecified atom stereocenters. The molecular weight excluding hydrogens is 260 g/mol. The highest BCUT2D eigenvalue weighted by molar-refractivity contribution is 6.30. The summed E-state index contributed by atoms with van der Waals surface area (Å²) < 4.78 is 0. The van der Waals surface area contributed by atoms with Gasteiger partial charge in [0.05, 0.1) is 5.41 Å². The number of carbonyl (C=O) groups is 1. The molecule has 0 heterocycles. The summed E-state index contributed by atoms with van der Waals surface area (Å²) in [5.74, 6) is -0.839. The number of benzene rings is 2. The number of rotatable bonds is 3. The minimum Gasteiger partial charge on any atom is -0.481 e. The maximum absolute atomic E-state index is 11.4. The Labute approximate surface area is 117 Å². The summed E-state index contributed by atoms with van der Waals surface area (Å²) in [6.45, 7) is 3.42. The first-order valence-electron chi connectivity index (χ1n) is 6.02. The Morgan fingerprint density at radius 2 is 1.63 bits per heavy atom. The van der Waals surface area contributed by atoms with Gasteiger partial charge in [0.25, 0.3) is 0 Å². The lowest BCUT2D eigenvalue weighted by atomic mass is 9.80. The lowest BCUT2D eigenvalue weighted by Crippen LogP contribution is -2.29. The Kier molecular flexibility index (Phi) is 3.63. The molecule has 0 fully saturated rings. The number of aliphatic carboxylic acids is 1. The predicted octanol–water partition coefficient (Wildman–Crippen LogP) is 4.37. The summed E-state index contributed by atoms with van der Waals surface area (Å²) >= 11 is 5.89. The Hall–Kier alpha value is -1.80. The molecule has 0 aromatic heterocycles. The van der Waals surface area contributed by atoms with Gasteiger partial charge in [-0.1, -0.05) is 48.0 Å². The van der Waals surface area contributed by atoms with Crippen LogP contribution >= 0.6 is 11.6 Å². The molecule has 2 aromatic carbocycles. The van der Waals surface area contributed by atoms with Crippen LogP contribution in [0, 0.1) is 0 Å². The van der Waals surface area contributed by atoms with Crippen LogP contribution in [0.4, 0.5) is 0 Å². The zero-order valence-corrected chi connectivity index (χ0v) is 11.6. The fourth-order valence-corrected chi connectivity index (χ4v) is 2.15. The smallest absolute Gasteiger partial charge is 0.313 e. The third kappa shape index (κ3) is 2.64. The molecule has 0 saturated heterocycles. The van der Waals surface area contributed by atoms with Gasteiger partial charge < -0.3 is 5.11 Å². The fraction of sp³-hybridized carbons (Fsp3) is 0.188. The topological polar surface area (TPSA) is 37.3 Å². The van der Waals surface area contributed by atoms with E-state index in [1.165, 1.54) is 0 Å². The molecule has 0 bridgehead atoms. The van der Waals surface area contributed by atoms with Gasteiger partial charge in [-0.25, -0.2) is 0 Å². The lowest BCUT2D eigenvalue weighted by Gasteiger charge is -2.23. The first-order chi connectivity index (χ1) is 8.93. The van der Waals surface area contributed by atoms with Gasteiger partial charge in [0, 0.05) is 5.02 Å². The van der Waals surface area contributed by atoms with Crippen LogP contribution in [-0.2, 0) is 10.2 Å². The van der Waals surface area contributed by atoms with Gasteiger partial charge in [-0.2, -0.15) is 0 Å². The second-order valence-electron chi connectivity index (χ2n) is 4.98. The second-order valence-corrected chi connectivity index (χ2v) is 5.42. The average Bonchev–Trinajstić information content (AvgIpc) is 2.39. The highest BCUT2D eigenvalue weighted by Gasteiger charge is 2.31. The first kappa shape index (κ1) is 13.6. The van der Waals surface area contributed by atoms with Crippen molar-refractivity contribution in [2.24, 2.45) is 0 Å². The van der Waals surface area contributed by atoms with Crippen LogP contribution in [0.1, 0.15) is 19.4 Å². The van der Waals surface area contributed by atoms with E-state index in [4.69, 9.17) is 11.6 Å². The molecule has 0 radical (unpaired) electrons. The van der Waals surface area contributed by atoms with Crippen molar-refractivity contribution >= 4 is 17.6 Å². The van der Waals surface area contributed by atoms with Crippen LogP contribution in [0.25, 0.3) is 11.1 Å². The Bertz CT molecular complexity index is 600. The lowest BCUT2D eigenvalue weighted by molar-refractivity contribution is -0.142. The number of hydrogen-bond donors (Lipinski definition) is 1. The van der Waals surface area contributed by atoms with Crippen LogP contribution in [0.3, 0.4) is 0 Å². The summed E-state index contributed by atoms with van der Waals surface area (Å²) in [4.78, 5) is 11.4. The van der Waals surface area contributed by atoms with Crippen molar-refractivity contribution in [3.8, 4) is 11.1 Å². The van der Waals surface area contributed by atoms with Gasteiger partial charge in [0.1, 0.15) is 0 Å². The number of carboxylic acids is 1. The summed E-state index contributed by atoms with van der Waals surface area (Å²) in [6, 6.07) is 15.0. The van der Waals surface area contributed by atoms with Crippen LogP contribution in [0.15, 0.2) is 48.5 Å². The number of halogens is 1. The summed E-state index contributed by atoms with van der Waals surface area (Å²) in [5, 5.41) is 10.1. The predicted molar refractivity (Wildman–Crippen MR) is 77.5 cm³/mol. The van der Waals surface area contributed by atoms with Gasteiger partial charge in [0.15, 0.2) is 0 Å². The highest BCUT2D eigenvalue weighted by atomic mass is 35.5. The molecule has 3 heteroatoms. The van der Waals surface area contributed by atoms with E-state index in [0.717, 1.165) is 16.7 Å². The number of carboxylic acid groups (broad SMARTS) is 1. The van der Waals surface area contributed by atoms with Crippen molar-refractivity contribution in [2.75, 3.05) is 0 Å². The number of hydrogen-bond acceptors (Lipinski definition) is 1. The average molecular weight is 275 g/mol. The molecule has 0 aliphatic carbocycles. The molecule has 0 amide bonds. The van der Waals surface area contributed by atoms with Crippen molar-refractivity contribution in [1.29, 1.82) is 0 Å². The van der Waals surface area contributed by atoms with Gasteiger partial charge >= 0.3 is 5.97 Å². The van der Waals surface area contributed by atoms with Gasteiger partial charge in [0.2, 0.25) is 0 Å². The van der Waals surface area contributed by atoms with Gasteiger partial charge in [-0.15, -0.1) is 0 Å². The van der Waals surface area contributed by atoms with Crippen LogP contribution in [-0.4, -0.2) is 11.1 Å². The first-order valence-corrected chi connectivity index (χ1v) is 6.39. The molecule has 0 saturated carbocycles. The van der Waals surface area contributed by atoms with Crippen molar-refractivity contribution in [3.63, 3.8) is 0 Å². The molecule has 98 valence electrons. The van der Waals surface area contributed by atoms with Crippen molar-refractivity contribution < 1.29 is 9.90 Å². The van der Waals surface area contributed by atoms with E-state index in [2.05, 4.69) is 0 Å². The van der Waals surface area contributed by atoms with E-state index in [1.54, 1.807) is 26.0 Å².